The fraction of sp³-hybridized carbons (Fsp3) is 0.647. The molecule has 0 bridgehead atoms. The fourth-order valence-electron chi connectivity index (χ4n) is 3.68. The highest BCUT2D eigenvalue weighted by atomic mass is 32.2. The molecular formula is C17H27N3O2S. The molecule has 5 nitrogen and oxygen atoms in total. The van der Waals surface area contributed by atoms with E-state index in [1.165, 1.54) is 5.56 Å². The highest BCUT2D eigenvalue weighted by Crippen LogP contribution is 2.43. The predicted molar refractivity (Wildman–Crippen MR) is 92.5 cm³/mol. The van der Waals surface area contributed by atoms with Crippen LogP contribution in [0.1, 0.15) is 25.3 Å². The monoisotopic (exact) mass is 337 g/mol. The molecule has 0 unspecified atom stereocenters. The number of hydrogen-bond acceptors (Lipinski definition) is 3. The summed E-state index contributed by atoms with van der Waals surface area (Å²) in [5.74, 6) is 0.242. The van der Waals surface area contributed by atoms with Crippen LogP contribution in [0.3, 0.4) is 0 Å². The summed E-state index contributed by atoms with van der Waals surface area (Å²) in [4.78, 5) is 2.17. The van der Waals surface area contributed by atoms with Crippen molar-refractivity contribution in [1.29, 1.82) is 0 Å². The van der Waals surface area contributed by atoms with Gasteiger partial charge < -0.3 is 4.90 Å². The zero-order chi connectivity index (χ0) is 16.7. The van der Waals surface area contributed by atoms with Crippen molar-refractivity contribution in [3.05, 3.63) is 35.9 Å². The van der Waals surface area contributed by atoms with Crippen molar-refractivity contribution in [1.82, 2.24) is 13.5 Å². The van der Waals surface area contributed by atoms with E-state index < -0.39 is 10.2 Å². The minimum atomic E-state index is -3.36. The summed E-state index contributed by atoms with van der Waals surface area (Å²) in [5.41, 5.74) is 1.18. The van der Waals surface area contributed by atoms with Crippen LogP contribution >= 0.6 is 0 Å². The van der Waals surface area contributed by atoms with E-state index in [4.69, 9.17) is 0 Å². The summed E-state index contributed by atoms with van der Waals surface area (Å²) >= 11 is 0. The number of nitrogens with zero attached hydrogens (tertiary/aromatic N) is 3. The second-order valence-electron chi connectivity index (χ2n) is 7.45. The summed E-state index contributed by atoms with van der Waals surface area (Å²) in [7, 11) is -1.32. The maximum atomic E-state index is 13.0. The largest absolute Gasteiger partial charge is 0.304 e. The summed E-state index contributed by atoms with van der Waals surface area (Å²) in [6.07, 6.45) is 0. The molecule has 2 aliphatic heterocycles. The van der Waals surface area contributed by atoms with Gasteiger partial charge in [-0.1, -0.05) is 44.2 Å². The molecule has 0 radical (unpaired) electrons. The Morgan fingerprint density at radius 3 is 2.22 bits per heavy atom. The van der Waals surface area contributed by atoms with Crippen LogP contribution < -0.4 is 0 Å². The molecule has 1 atom stereocenters. The van der Waals surface area contributed by atoms with Crippen LogP contribution in [0.15, 0.2) is 30.3 Å². The maximum absolute atomic E-state index is 13.0. The molecule has 2 aliphatic rings. The van der Waals surface area contributed by atoms with E-state index in [1.807, 2.05) is 25.2 Å². The molecule has 0 aromatic heterocycles. The Morgan fingerprint density at radius 2 is 1.61 bits per heavy atom. The molecule has 1 aromatic carbocycles. The van der Waals surface area contributed by atoms with E-state index in [9.17, 15) is 8.42 Å². The molecule has 6 heteroatoms. The van der Waals surface area contributed by atoms with E-state index in [-0.39, 0.29) is 11.3 Å². The normalized spacial score (nSPS) is 27.3. The van der Waals surface area contributed by atoms with Gasteiger partial charge in [0.05, 0.1) is 0 Å². The van der Waals surface area contributed by atoms with Crippen molar-refractivity contribution in [2.75, 3.05) is 46.3 Å². The molecule has 23 heavy (non-hydrogen) atoms. The molecule has 2 saturated heterocycles. The molecule has 0 aliphatic carbocycles. The van der Waals surface area contributed by atoms with E-state index in [0.29, 0.717) is 26.2 Å². The predicted octanol–water partition coefficient (Wildman–Crippen LogP) is 1.60. The first-order chi connectivity index (χ1) is 10.8. The van der Waals surface area contributed by atoms with Gasteiger partial charge in [0.1, 0.15) is 0 Å². The van der Waals surface area contributed by atoms with Gasteiger partial charge in [0.15, 0.2) is 0 Å². The lowest BCUT2D eigenvalue weighted by atomic mass is 9.78. The quantitative estimate of drug-likeness (QED) is 0.842. The van der Waals surface area contributed by atoms with E-state index in [2.05, 4.69) is 30.9 Å². The minimum Gasteiger partial charge on any atom is -0.304 e. The first-order valence-corrected chi connectivity index (χ1v) is 9.69. The van der Waals surface area contributed by atoms with Crippen LogP contribution in [0.4, 0.5) is 0 Å². The second kappa shape index (κ2) is 6.16. The van der Waals surface area contributed by atoms with Crippen LogP contribution in [0, 0.1) is 5.41 Å². The molecule has 0 amide bonds. The number of rotatable bonds is 3. The Hall–Kier alpha value is -0.950. The summed E-state index contributed by atoms with van der Waals surface area (Å²) in [5, 5.41) is 0. The second-order valence-corrected chi connectivity index (χ2v) is 9.38. The molecule has 2 fully saturated rings. The Morgan fingerprint density at radius 1 is 1.00 bits per heavy atom. The van der Waals surface area contributed by atoms with Gasteiger partial charge in [-0.3, -0.25) is 0 Å². The van der Waals surface area contributed by atoms with Crippen molar-refractivity contribution in [3.8, 4) is 0 Å². The average molecular weight is 337 g/mol. The third-order valence-corrected chi connectivity index (χ3v) is 7.18. The van der Waals surface area contributed by atoms with Gasteiger partial charge in [-0.25, -0.2) is 0 Å². The average Bonchev–Trinajstić information content (AvgIpc) is 2.85. The SMILES string of the molecule is CN1CCN(S(=O)(=O)N2C[C@H](c3ccccc3)C(C)(C)C2)CC1. The van der Waals surface area contributed by atoms with E-state index in [0.717, 1.165) is 13.1 Å². The first kappa shape index (κ1) is 16.9. The van der Waals surface area contributed by atoms with E-state index >= 15 is 0 Å². The van der Waals surface area contributed by atoms with Gasteiger partial charge in [0.25, 0.3) is 10.2 Å². The molecule has 0 spiro atoms. The van der Waals surface area contributed by atoms with Gasteiger partial charge >= 0.3 is 0 Å². The van der Waals surface area contributed by atoms with Gasteiger partial charge in [-0.05, 0) is 18.0 Å². The molecule has 0 saturated carbocycles. The van der Waals surface area contributed by atoms with Crippen molar-refractivity contribution in [3.63, 3.8) is 0 Å². The molecular weight excluding hydrogens is 310 g/mol. The molecule has 3 rings (SSSR count). The van der Waals surface area contributed by atoms with Gasteiger partial charge in [0.2, 0.25) is 0 Å². The lowest BCUT2D eigenvalue weighted by Crippen LogP contribution is -2.51. The fourth-order valence-corrected chi connectivity index (χ4v) is 5.46. The number of piperazine rings is 1. The topological polar surface area (TPSA) is 43.9 Å². The third kappa shape index (κ3) is 3.31. The molecule has 0 N–H and O–H groups in total. The Balaban J connectivity index is 1.79. The Labute approximate surface area is 140 Å². The van der Waals surface area contributed by atoms with Crippen LogP contribution in [-0.2, 0) is 10.2 Å². The molecule has 128 valence electrons. The van der Waals surface area contributed by atoms with Crippen molar-refractivity contribution < 1.29 is 8.42 Å². The Kier molecular flexibility index (Phi) is 4.53. The summed E-state index contributed by atoms with van der Waals surface area (Å²) < 4.78 is 29.3. The molecule has 2 heterocycles. The highest BCUT2D eigenvalue weighted by Gasteiger charge is 2.46. The van der Waals surface area contributed by atoms with Gasteiger partial charge in [-0.15, -0.1) is 0 Å². The molecule has 1 aromatic rings. The van der Waals surface area contributed by atoms with Crippen LogP contribution in [0.5, 0.6) is 0 Å². The lowest BCUT2D eigenvalue weighted by molar-refractivity contribution is 0.212. The third-order valence-electron chi connectivity index (χ3n) is 5.23. The highest BCUT2D eigenvalue weighted by molar-refractivity contribution is 7.86. The Bertz CT molecular complexity index is 637. The lowest BCUT2D eigenvalue weighted by Gasteiger charge is -2.34. The number of hydrogen-bond donors (Lipinski definition) is 0. The van der Waals surface area contributed by atoms with Crippen LogP contribution in [-0.4, -0.2) is 68.2 Å². The minimum absolute atomic E-state index is 0.0546. The smallest absolute Gasteiger partial charge is 0.282 e. The number of likely N-dealkylation sites (N-methyl/N-ethyl adjacent to an activating group) is 1. The van der Waals surface area contributed by atoms with Crippen LogP contribution in [0.25, 0.3) is 0 Å². The van der Waals surface area contributed by atoms with Crippen molar-refractivity contribution in [2.24, 2.45) is 5.41 Å². The summed E-state index contributed by atoms with van der Waals surface area (Å²) in [6, 6.07) is 10.3. The summed E-state index contributed by atoms with van der Waals surface area (Å²) in [6.45, 7) is 8.29. The maximum Gasteiger partial charge on any atom is 0.282 e. The van der Waals surface area contributed by atoms with Crippen LogP contribution in [0.2, 0.25) is 0 Å². The van der Waals surface area contributed by atoms with Gasteiger partial charge in [0, 0.05) is 45.2 Å². The van der Waals surface area contributed by atoms with Crippen molar-refractivity contribution in [2.45, 2.75) is 19.8 Å². The standard InChI is InChI=1S/C17H27N3O2S/c1-17(2)14-20(13-16(17)15-7-5-4-6-8-15)23(21,22)19-11-9-18(3)10-12-19/h4-8,16H,9-14H2,1-3H3/t16-/m1/s1. The zero-order valence-electron chi connectivity index (χ0n) is 14.3. The van der Waals surface area contributed by atoms with E-state index in [1.54, 1.807) is 8.61 Å². The zero-order valence-corrected chi connectivity index (χ0v) is 15.1. The van der Waals surface area contributed by atoms with Crippen molar-refractivity contribution >= 4 is 10.2 Å². The number of benzene rings is 1. The first-order valence-electron chi connectivity index (χ1n) is 8.29. The van der Waals surface area contributed by atoms with Gasteiger partial charge in [-0.2, -0.15) is 17.0 Å².